The second-order valence-corrected chi connectivity index (χ2v) is 11.9. The average molecular weight is 642 g/mol. The summed E-state index contributed by atoms with van der Waals surface area (Å²) in [6.45, 7) is 5.16. The van der Waals surface area contributed by atoms with Gasteiger partial charge in [-0.2, -0.15) is 0 Å². The zero-order chi connectivity index (χ0) is 31.6. The molecule has 1 atom stereocenters. The van der Waals surface area contributed by atoms with Gasteiger partial charge >= 0.3 is 5.97 Å². The molecule has 1 unspecified atom stereocenters. The van der Waals surface area contributed by atoms with Gasteiger partial charge in [-0.3, -0.25) is 19.3 Å². The van der Waals surface area contributed by atoms with Crippen LogP contribution in [0.5, 0.6) is 0 Å². The molecule has 2 aliphatic rings. The molecule has 2 aromatic heterocycles. The van der Waals surface area contributed by atoms with E-state index in [2.05, 4.69) is 11.6 Å². The van der Waals surface area contributed by atoms with Crippen LogP contribution in [-0.4, -0.2) is 29.4 Å². The number of nitrogens with zero attached hydrogens (tertiary/aromatic N) is 3. The third kappa shape index (κ3) is 4.15. The molecule has 0 radical (unpaired) electrons. The van der Waals surface area contributed by atoms with E-state index in [9.17, 15) is 23.6 Å². The normalized spacial score (nSPS) is 16.9. The fourth-order valence-electron chi connectivity index (χ4n) is 5.93. The lowest BCUT2D eigenvalue weighted by molar-refractivity contribution is -0.121. The van der Waals surface area contributed by atoms with Gasteiger partial charge in [-0.25, -0.2) is 14.2 Å². The molecule has 0 aliphatic carbocycles. The number of carbonyl (C=O) groups is 3. The number of para-hydroxylation sites is 1. The highest BCUT2D eigenvalue weighted by molar-refractivity contribution is 7.17. The Balaban J connectivity index is 1.51. The van der Waals surface area contributed by atoms with Crippen LogP contribution in [-0.2, 0) is 21.6 Å². The Morgan fingerprint density at radius 3 is 2.64 bits per heavy atom. The number of esters is 1. The Morgan fingerprint density at radius 1 is 1.13 bits per heavy atom. The number of thiazole rings is 1. The van der Waals surface area contributed by atoms with Crippen molar-refractivity contribution in [3.63, 3.8) is 0 Å². The highest BCUT2D eigenvalue weighted by Gasteiger charge is 2.66. The molecule has 0 fully saturated rings. The molecule has 0 saturated heterocycles. The minimum Gasteiger partial charge on any atom is -0.457 e. The number of aromatic nitrogens is 1. The van der Waals surface area contributed by atoms with Gasteiger partial charge in [-0.1, -0.05) is 65.9 Å². The first-order valence-electron chi connectivity index (χ1n) is 13.7. The summed E-state index contributed by atoms with van der Waals surface area (Å²) in [4.78, 5) is 63.8. The van der Waals surface area contributed by atoms with E-state index < -0.39 is 34.6 Å². The molecule has 2 amide bonds. The number of amides is 2. The van der Waals surface area contributed by atoms with E-state index >= 15 is 0 Å². The molecule has 12 heteroatoms. The number of aryl methyl sites for hydroxylation is 1. The maximum Gasteiger partial charge on any atom is 0.350 e. The van der Waals surface area contributed by atoms with Gasteiger partial charge in [-0.15, -0.1) is 0 Å². The van der Waals surface area contributed by atoms with Crippen molar-refractivity contribution in [3.8, 4) is 0 Å². The molecule has 45 heavy (non-hydrogen) atoms. The van der Waals surface area contributed by atoms with Crippen LogP contribution in [0.3, 0.4) is 0 Å². The number of rotatable bonds is 6. The second-order valence-electron chi connectivity index (χ2n) is 10.5. The van der Waals surface area contributed by atoms with Gasteiger partial charge in [0.2, 0.25) is 5.76 Å². The van der Waals surface area contributed by atoms with Crippen molar-refractivity contribution < 1.29 is 27.9 Å². The van der Waals surface area contributed by atoms with Gasteiger partial charge in [-0.05, 0) is 48.9 Å². The Kier molecular flexibility index (Phi) is 6.68. The Hall–Kier alpha value is -5.13. The van der Waals surface area contributed by atoms with E-state index in [1.54, 1.807) is 55.5 Å². The smallest absolute Gasteiger partial charge is 0.350 e. The number of anilines is 2. The molecule has 2 aliphatic heterocycles. The Morgan fingerprint density at radius 2 is 1.89 bits per heavy atom. The summed E-state index contributed by atoms with van der Waals surface area (Å²) < 4.78 is 25.6. The van der Waals surface area contributed by atoms with Gasteiger partial charge in [0.05, 0.1) is 28.9 Å². The van der Waals surface area contributed by atoms with Crippen molar-refractivity contribution in [1.82, 2.24) is 4.98 Å². The molecule has 0 N–H and O–H groups in total. The highest BCUT2D eigenvalue weighted by atomic mass is 35.5. The minimum atomic E-state index is -2.08. The zero-order valence-electron chi connectivity index (χ0n) is 23.5. The number of hydrogen-bond acceptors (Lipinski definition) is 8. The van der Waals surface area contributed by atoms with Crippen LogP contribution in [0.25, 0.3) is 11.0 Å². The predicted octanol–water partition coefficient (Wildman–Crippen LogP) is 6.14. The van der Waals surface area contributed by atoms with Crippen LogP contribution in [0.2, 0.25) is 5.02 Å². The fourth-order valence-corrected chi connectivity index (χ4v) is 7.07. The largest absolute Gasteiger partial charge is 0.457 e. The standard InChI is InChI=1S/C33H21ClFN3O6S/c1-3-14-43-30(41)28-17(2)36-32(45-28)38-29(40)27-25(26(39)21-15-20(35)12-13-24(21)44-27)33(38)22-6-4-5-7-23(22)37(31(33)42)16-18-8-10-19(34)11-9-18/h3-13,15H,1,14,16H2,2H3. The number of carbonyl (C=O) groups excluding carboxylic acids is 3. The maximum atomic E-state index is 15.0. The maximum absolute atomic E-state index is 15.0. The van der Waals surface area contributed by atoms with Gasteiger partial charge in [0.1, 0.15) is 22.9 Å². The van der Waals surface area contributed by atoms with Crippen LogP contribution >= 0.6 is 22.9 Å². The van der Waals surface area contributed by atoms with Gasteiger partial charge in [0.25, 0.3) is 11.8 Å². The van der Waals surface area contributed by atoms with Crippen molar-refractivity contribution in [2.24, 2.45) is 0 Å². The first-order chi connectivity index (χ1) is 21.7. The van der Waals surface area contributed by atoms with E-state index in [1.807, 2.05) is 0 Å². The van der Waals surface area contributed by atoms with Crippen LogP contribution in [0.15, 0.2) is 88.6 Å². The lowest BCUT2D eigenvalue weighted by atomic mass is 9.84. The predicted molar refractivity (Wildman–Crippen MR) is 166 cm³/mol. The van der Waals surface area contributed by atoms with Gasteiger partial charge in [0, 0.05) is 10.6 Å². The van der Waals surface area contributed by atoms with Crippen molar-refractivity contribution in [2.45, 2.75) is 19.0 Å². The number of halogens is 2. The van der Waals surface area contributed by atoms with Crippen LogP contribution in [0, 0.1) is 12.7 Å². The molecule has 9 nitrogen and oxygen atoms in total. The van der Waals surface area contributed by atoms with Crippen LogP contribution in [0.4, 0.5) is 15.2 Å². The van der Waals surface area contributed by atoms with Crippen LogP contribution < -0.4 is 15.2 Å². The molecule has 1 spiro atoms. The van der Waals surface area contributed by atoms with Gasteiger partial charge in [0.15, 0.2) is 16.1 Å². The Bertz CT molecular complexity index is 2160. The summed E-state index contributed by atoms with van der Waals surface area (Å²) in [5.41, 5.74) is -1.34. The number of benzene rings is 3. The molecule has 5 aromatic rings. The summed E-state index contributed by atoms with van der Waals surface area (Å²) >= 11 is 6.94. The molecule has 0 saturated carbocycles. The molecule has 7 rings (SSSR count). The van der Waals surface area contributed by atoms with E-state index in [0.29, 0.717) is 16.3 Å². The first-order valence-corrected chi connectivity index (χ1v) is 14.9. The number of ether oxygens (including phenoxy) is 1. The number of hydrogen-bond donors (Lipinski definition) is 0. The summed E-state index contributed by atoms with van der Waals surface area (Å²) in [5, 5.41) is 0.358. The molecule has 4 heterocycles. The van der Waals surface area contributed by atoms with E-state index in [-0.39, 0.29) is 51.1 Å². The van der Waals surface area contributed by atoms with Crippen molar-refractivity contribution in [3.05, 3.63) is 133 Å². The summed E-state index contributed by atoms with van der Waals surface area (Å²) in [6, 6.07) is 17.1. The molecule has 224 valence electrons. The lowest BCUT2D eigenvalue weighted by Gasteiger charge is -2.32. The van der Waals surface area contributed by atoms with Crippen molar-refractivity contribution >= 4 is 62.5 Å². The third-order valence-electron chi connectivity index (χ3n) is 7.83. The molecule has 3 aromatic carbocycles. The van der Waals surface area contributed by atoms with E-state index in [0.717, 1.165) is 33.9 Å². The molecular formula is C33H21ClFN3O6S. The minimum absolute atomic E-state index is 0.0220. The Labute approximate surface area is 263 Å². The molecule has 0 bridgehead atoms. The second kappa shape index (κ2) is 10.5. The monoisotopic (exact) mass is 641 g/mol. The van der Waals surface area contributed by atoms with E-state index in [4.69, 9.17) is 20.8 Å². The zero-order valence-corrected chi connectivity index (χ0v) is 25.1. The van der Waals surface area contributed by atoms with E-state index in [1.165, 1.54) is 17.0 Å². The van der Waals surface area contributed by atoms with Crippen molar-refractivity contribution in [2.75, 3.05) is 16.4 Å². The van der Waals surface area contributed by atoms with Crippen LogP contribution in [0.1, 0.15) is 42.6 Å². The van der Waals surface area contributed by atoms with Crippen molar-refractivity contribution in [1.29, 1.82) is 0 Å². The topological polar surface area (TPSA) is 110 Å². The average Bonchev–Trinajstić information content (AvgIpc) is 3.62. The highest BCUT2D eigenvalue weighted by Crippen LogP contribution is 2.55. The molecular weight excluding hydrogens is 621 g/mol. The lowest BCUT2D eigenvalue weighted by Crippen LogP contribution is -2.53. The number of fused-ring (bicyclic) bond motifs is 5. The third-order valence-corrected chi connectivity index (χ3v) is 9.21. The SMILES string of the molecule is C=CCOC(=O)c1sc(N2C(=O)c3oc4ccc(F)cc4c(=O)c3C23C(=O)N(Cc2ccc(Cl)cc2)c2ccccc23)nc1C. The summed E-state index contributed by atoms with van der Waals surface area (Å²) in [7, 11) is 0. The quantitative estimate of drug-likeness (QED) is 0.162. The first kappa shape index (κ1) is 28.6. The fraction of sp³-hybridized carbons (Fsp3) is 0.121. The van der Waals surface area contributed by atoms with Gasteiger partial charge < -0.3 is 14.1 Å². The summed E-state index contributed by atoms with van der Waals surface area (Å²) in [5.74, 6) is -3.20. The summed E-state index contributed by atoms with van der Waals surface area (Å²) in [6.07, 6.45) is 1.42.